The molecule has 0 spiro atoms. The van der Waals surface area contributed by atoms with Gasteiger partial charge >= 0.3 is 6.03 Å². The van der Waals surface area contributed by atoms with Gasteiger partial charge in [0, 0.05) is 31.7 Å². The van der Waals surface area contributed by atoms with Crippen molar-refractivity contribution in [1.29, 1.82) is 0 Å². The van der Waals surface area contributed by atoms with Crippen LogP contribution in [0.1, 0.15) is 25.8 Å². The summed E-state index contributed by atoms with van der Waals surface area (Å²) in [5.74, 6) is 5.96. The Morgan fingerprint density at radius 3 is 2.48 bits per heavy atom. The summed E-state index contributed by atoms with van der Waals surface area (Å²) in [4.78, 5) is 27.8. The summed E-state index contributed by atoms with van der Waals surface area (Å²) < 4.78 is 0. The molecule has 144 valence electrons. The highest BCUT2D eigenvalue weighted by atomic mass is 35.5. The SMILES string of the molecule is CC/C=C/C(=O)N1CCN(C(=O)NC(C)C#Cc2ccc(Cl)c(Cl)c2)CC1. The molecule has 1 atom stereocenters. The Hall–Kier alpha value is -2.16. The summed E-state index contributed by atoms with van der Waals surface area (Å²) in [5.41, 5.74) is 0.734. The number of urea groups is 1. The lowest BCUT2D eigenvalue weighted by Gasteiger charge is -2.34. The minimum atomic E-state index is -0.320. The highest BCUT2D eigenvalue weighted by Crippen LogP contribution is 2.22. The van der Waals surface area contributed by atoms with E-state index in [4.69, 9.17) is 23.2 Å². The Morgan fingerprint density at radius 1 is 1.19 bits per heavy atom. The fourth-order valence-corrected chi connectivity index (χ4v) is 2.83. The fraction of sp³-hybridized carbons (Fsp3) is 0.400. The molecule has 2 rings (SSSR count). The molecule has 1 aliphatic rings. The van der Waals surface area contributed by atoms with Crippen LogP contribution in [0.25, 0.3) is 0 Å². The van der Waals surface area contributed by atoms with Gasteiger partial charge in [-0.15, -0.1) is 0 Å². The van der Waals surface area contributed by atoms with Crippen LogP contribution in [-0.4, -0.2) is 54.0 Å². The number of rotatable bonds is 3. The number of piperazine rings is 1. The first-order chi connectivity index (χ1) is 12.9. The normalized spacial score (nSPS) is 15.3. The van der Waals surface area contributed by atoms with Gasteiger partial charge in [0.25, 0.3) is 0 Å². The molecule has 0 radical (unpaired) electrons. The zero-order valence-corrected chi connectivity index (χ0v) is 17.0. The van der Waals surface area contributed by atoms with Gasteiger partial charge < -0.3 is 15.1 Å². The molecule has 1 heterocycles. The van der Waals surface area contributed by atoms with E-state index in [1.165, 1.54) is 0 Å². The molecule has 1 aromatic rings. The van der Waals surface area contributed by atoms with Crippen LogP contribution >= 0.6 is 23.2 Å². The number of carbonyl (C=O) groups excluding carboxylic acids is 2. The summed E-state index contributed by atoms with van der Waals surface area (Å²) in [6.45, 7) is 5.87. The van der Waals surface area contributed by atoms with Crippen molar-refractivity contribution in [2.24, 2.45) is 0 Å². The summed E-state index contributed by atoms with van der Waals surface area (Å²) >= 11 is 11.9. The van der Waals surface area contributed by atoms with E-state index in [2.05, 4.69) is 17.2 Å². The van der Waals surface area contributed by atoms with E-state index in [9.17, 15) is 9.59 Å². The van der Waals surface area contributed by atoms with Crippen molar-refractivity contribution >= 4 is 35.1 Å². The number of nitrogens with zero attached hydrogens (tertiary/aromatic N) is 2. The second kappa shape index (κ2) is 10.2. The van der Waals surface area contributed by atoms with Gasteiger partial charge in [0.15, 0.2) is 0 Å². The Balaban J connectivity index is 1.83. The Morgan fingerprint density at radius 2 is 1.85 bits per heavy atom. The lowest BCUT2D eigenvalue weighted by atomic mass is 10.2. The minimum Gasteiger partial charge on any atom is -0.336 e. The first-order valence-corrected chi connectivity index (χ1v) is 9.63. The monoisotopic (exact) mass is 407 g/mol. The molecule has 1 saturated heterocycles. The van der Waals surface area contributed by atoms with E-state index in [1.807, 2.05) is 19.9 Å². The molecule has 1 aliphatic heterocycles. The van der Waals surface area contributed by atoms with Crippen LogP contribution in [-0.2, 0) is 4.79 Å². The number of allylic oxidation sites excluding steroid dienone is 1. The van der Waals surface area contributed by atoms with Crippen molar-refractivity contribution in [2.45, 2.75) is 26.3 Å². The second-order valence-electron chi connectivity index (χ2n) is 6.19. The van der Waals surface area contributed by atoms with Gasteiger partial charge in [0.1, 0.15) is 0 Å². The molecular weight excluding hydrogens is 385 g/mol. The van der Waals surface area contributed by atoms with E-state index in [1.54, 1.807) is 34.1 Å². The molecule has 0 aliphatic carbocycles. The van der Waals surface area contributed by atoms with Crippen LogP contribution in [0.3, 0.4) is 0 Å². The van der Waals surface area contributed by atoms with Gasteiger partial charge in [-0.3, -0.25) is 4.79 Å². The predicted octanol–water partition coefficient (Wildman–Crippen LogP) is 3.55. The lowest BCUT2D eigenvalue weighted by Crippen LogP contribution is -2.54. The van der Waals surface area contributed by atoms with Crippen molar-refractivity contribution in [1.82, 2.24) is 15.1 Å². The fourth-order valence-electron chi connectivity index (χ4n) is 2.53. The maximum atomic E-state index is 12.4. The first kappa shape index (κ1) is 21.1. The van der Waals surface area contributed by atoms with Crippen molar-refractivity contribution in [2.75, 3.05) is 26.2 Å². The molecule has 27 heavy (non-hydrogen) atoms. The molecule has 1 aromatic carbocycles. The molecule has 0 aromatic heterocycles. The molecule has 0 saturated carbocycles. The highest BCUT2D eigenvalue weighted by Gasteiger charge is 2.23. The molecule has 1 N–H and O–H groups in total. The van der Waals surface area contributed by atoms with Crippen molar-refractivity contribution in [3.8, 4) is 11.8 Å². The van der Waals surface area contributed by atoms with Gasteiger partial charge in [0.05, 0.1) is 16.1 Å². The Kier molecular flexibility index (Phi) is 8.02. The molecular formula is C20H23Cl2N3O2. The number of halogens is 2. The van der Waals surface area contributed by atoms with Crippen LogP contribution in [0, 0.1) is 11.8 Å². The third-order valence-electron chi connectivity index (χ3n) is 4.07. The van der Waals surface area contributed by atoms with E-state index >= 15 is 0 Å². The molecule has 1 fully saturated rings. The zero-order valence-electron chi connectivity index (χ0n) is 15.5. The smallest absolute Gasteiger partial charge is 0.318 e. The largest absolute Gasteiger partial charge is 0.336 e. The summed E-state index contributed by atoms with van der Waals surface area (Å²) in [6.07, 6.45) is 4.27. The maximum absolute atomic E-state index is 12.4. The topological polar surface area (TPSA) is 52.7 Å². The zero-order chi connectivity index (χ0) is 19.8. The van der Waals surface area contributed by atoms with E-state index in [0.717, 1.165) is 12.0 Å². The average Bonchev–Trinajstić information content (AvgIpc) is 2.67. The highest BCUT2D eigenvalue weighted by molar-refractivity contribution is 6.42. The van der Waals surface area contributed by atoms with E-state index in [0.29, 0.717) is 36.2 Å². The van der Waals surface area contributed by atoms with Gasteiger partial charge in [-0.05, 0) is 37.6 Å². The van der Waals surface area contributed by atoms with Crippen LogP contribution < -0.4 is 5.32 Å². The van der Waals surface area contributed by atoms with Crippen molar-refractivity contribution < 1.29 is 9.59 Å². The van der Waals surface area contributed by atoms with Gasteiger partial charge in [-0.1, -0.05) is 48.0 Å². The van der Waals surface area contributed by atoms with Crippen LogP contribution in [0.15, 0.2) is 30.4 Å². The standard InChI is InChI=1S/C20H23Cl2N3O2/c1-3-4-5-19(26)24-10-12-25(13-11-24)20(27)23-15(2)6-7-16-8-9-17(21)18(22)14-16/h4-5,8-9,14-15H,3,10-13H2,1-2H3,(H,23,27)/b5-4+. The lowest BCUT2D eigenvalue weighted by molar-refractivity contribution is -0.127. The van der Waals surface area contributed by atoms with E-state index < -0.39 is 0 Å². The number of nitrogens with one attached hydrogen (secondary N) is 1. The Bertz CT molecular complexity index is 775. The van der Waals surface area contributed by atoms with Crippen molar-refractivity contribution in [3.05, 3.63) is 46.0 Å². The first-order valence-electron chi connectivity index (χ1n) is 8.88. The van der Waals surface area contributed by atoms with Gasteiger partial charge in [-0.2, -0.15) is 0 Å². The molecule has 1 unspecified atom stereocenters. The maximum Gasteiger partial charge on any atom is 0.318 e. The summed E-state index contributed by atoms with van der Waals surface area (Å²) in [6, 6.07) is 4.66. The van der Waals surface area contributed by atoms with Crippen LogP contribution in [0.4, 0.5) is 4.79 Å². The number of carbonyl (C=O) groups is 2. The van der Waals surface area contributed by atoms with Gasteiger partial charge in [0.2, 0.25) is 5.91 Å². The number of hydrogen-bond acceptors (Lipinski definition) is 2. The van der Waals surface area contributed by atoms with Crippen LogP contribution in [0.5, 0.6) is 0 Å². The van der Waals surface area contributed by atoms with Crippen molar-refractivity contribution in [3.63, 3.8) is 0 Å². The third-order valence-corrected chi connectivity index (χ3v) is 4.81. The van der Waals surface area contributed by atoms with Crippen LogP contribution in [0.2, 0.25) is 10.0 Å². The van der Waals surface area contributed by atoms with E-state index in [-0.39, 0.29) is 18.0 Å². The third kappa shape index (κ3) is 6.50. The summed E-state index contributed by atoms with van der Waals surface area (Å²) in [5, 5.41) is 3.78. The molecule has 7 heteroatoms. The average molecular weight is 408 g/mol. The minimum absolute atomic E-state index is 0.00207. The number of benzene rings is 1. The second-order valence-corrected chi connectivity index (χ2v) is 7.01. The molecule has 0 bridgehead atoms. The predicted molar refractivity (Wildman–Crippen MR) is 109 cm³/mol. The molecule has 5 nitrogen and oxygen atoms in total. The van der Waals surface area contributed by atoms with Gasteiger partial charge in [-0.25, -0.2) is 4.79 Å². The quantitative estimate of drug-likeness (QED) is 0.615. The molecule has 3 amide bonds. The number of amides is 3. The number of hydrogen-bond donors (Lipinski definition) is 1. The summed E-state index contributed by atoms with van der Waals surface area (Å²) in [7, 11) is 0. The Labute approximate surface area is 170 Å².